The lowest BCUT2D eigenvalue weighted by molar-refractivity contribution is -0.128. The highest BCUT2D eigenvalue weighted by atomic mass is 16.3. The van der Waals surface area contributed by atoms with E-state index < -0.39 is 6.10 Å². The fourth-order valence-electron chi connectivity index (χ4n) is 4.79. The minimum atomic E-state index is -0.591. The molecule has 6 nitrogen and oxygen atoms in total. The Morgan fingerprint density at radius 3 is 2.66 bits per heavy atom. The van der Waals surface area contributed by atoms with Gasteiger partial charge in [0.05, 0.1) is 6.10 Å². The summed E-state index contributed by atoms with van der Waals surface area (Å²) in [6.07, 6.45) is 8.06. The summed E-state index contributed by atoms with van der Waals surface area (Å²) >= 11 is 0. The maximum absolute atomic E-state index is 13.0. The first kappa shape index (κ1) is 22.8. The number of likely N-dealkylation sites (tertiary alicyclic amines) is 1. The summed E-state index contributed by atoms with van der Waals surface area (Å²) in [4.78, 5) is 19.3. The molecule has 1 unspecified atom stereocenters. The van der Waals surface area contributed by atoms with Crippen molar-refractivity contribution in [2.75, 3.05) is 45.9 Å². The highest BCUT2D eigenvalue weighted by Gasteiger charge is 2.27. The van der Waals surface area contributed by atoms with Gasteiger partial charge in [-0.15, -0.1) is 0 Å². The van der Waals surface area contributed by atoms with Crippen LogP contribution >= 0.6 is 0 Å². The average Bonchev–Trinajstić information content (AvgIpc) is 2.76. The van der Waals surface area contributed by atoms with Gasteiger partial charge in [0, 0.05) is 69.6 Å². The van der Waals surface area contributed by atoms with E-state index in [2.05, 4.69) is 46.7 Å². The zero-order valence-electron chi connectivity index (χ0n) is 18.8. The molecule has 1 aromatic carbocycles. The highest BCUT2D eigenvalue weighted by molar-refractivity contribution is 5.95. The summed E-state index contributed by atoms with van der Waals surface area (Å²) in [7, 11) is 0. The molecule has 6 heteroatoms. The molecule has 0 spiro atoms. The molecule has 0 radical (unpaired) electrons. The molecule has 3 heterocycles. The van der Waals surface area contributed by atoms with Crippen LogP contribution in [0, 0.1) is 5.92 Å². The second-order valence-electron chi connectivity index (χ2n) is 9.24. The molecule has 1 saturated heterocycles. The molecule has 3 aliphatic heterocycles. The first-order valence-corrected chi connectivity index (χ1v) is 11.7. The third-order valence-corrected chi connectivity index (χ3v) is 6.69. The van der Waals surface area contributed by atoms with Gasteiger partial charge in [0.1, 0.15) is 0 Å². The first-order valence-electron chi connectivity index (χ1n) is 11.7. The van der Waals surface area contributed by atoms with Crippen LogP contribution in [0.5, 0.6) is 0 Å². The van der Waals surface area contributed by atoms with E-state index in [9.17, 15) is 15.0 Å². The molecule has 172 valence electrons. The fourth-order valence-corrected chi connectivity index (χ4v) is 4.79. The maximum atomic E-state index is 13.0. The third kappa shape index (κ3) is 5.49. The highest BCUT2D eigenvalue weighted by Crippen LogP contribution is 2.23. The van der Waals surface area contributed by atoms with Gasteiger partial charge in [-0.2, -0.15) is 0 Å². The van der Waals surface area contributed by atoms with Gasteiger partial charge in [-0.05, 0) is 42.5 Å². The Labute approximate surface area is 191 Å². The van der Waals surface area contributed by atoms with Crippen molar-refractivity contribution >= 4 is 5.91 Å². The van der Waals surface area contributed by atoms with Crippen LogP contribution in [0.1, 0.15) is 24.0 Å². The predicted molar refractivity (Wildman–Crippen MR) is 126 cm³/mol. The van der Waals surface area contributed by atoms with E-state index >= 15 is 0 Å². The van der Waals surface area contributed by atoms with Crippen LogP contribution in [-0.2, 0) is 17.8 Å². The average molecular weight is 438 g/mol. The zero-order valence-corrected chi connectivity index (χ0v) is 18.8. The number of hydrogen-bond acceptors (Lipinski definition) is 5. The normalized spacial score (nSPS) is 24.4. The van der Waals surface area contributed by atoms with E-state index in [1.165, 1.54) is 11.1 Å². The first-order chi connectivity index (χ1) is 15.5. The second kappa shape index (κ2) is 10.5. The Kier molecular flexibility index (Phi) is 7.45. The Bertz CT molecular complexity index is 888. The number of carbonyl (C=O) groups excluding carboxylic acids is 1. The zero-order chi connectivity index (χ0) is 22.5. The quantitative estimate of drug-likeness (QED) is 0.666. The number of β-amino-alcohol motifs (C(OH)–C–C–N with tert-alkyl or cyclic N) is 1. The number of amides is 1. The minimum Gasteiger partial charge on any atom is -0.396 e. The van der Waals surface area contributed by atoms with Crippen LogP contribution in [-0.4, -0.2) is 82.8 Å². The van der Waals surface area contributed by atoms with Crippen LogP contribution in [0.25, 0.3) is 0 Å². The lowest BCUT2D eigenvalue weighted by atomic mass is 9.99. The van der Waals surface area contributed by atoms with Crippen LogP contribution in [0.4, 0.5) is 0 Å². The van der Waals surface area contributed by atoms with Crippen molar-refractivity contribution in [2.45, 2.75) is 31.9 Å². The standard InChI is InChI=1S/C26H35N3O3/c1-20-9-10-24(29-14-21(15-29)19-30)8-4-5-12-28(26(20)32)18-25(31)17-27-13-11-22-6-2-3-7-23(22)16-27/h2-3,6-10,21,25,30-31H,1,4-5,11-19H2/b10-9-,24-8+. The Hall–Kier alpha value is -2.41. The van der Waals surface area contributed by atoms with Gasteiger partial charge in [0.2, 0.25) is 0 Å². The number of aliphatic hydroxyl groups is 2. The topological polar surface area (TPSA) is 67.2 Å². The molecular weight excluding hydrogens is 402 g/mol. The number of allylic oxidation sites excluding steroid dienone is 2. The van der Waals surface area contributed by atoms with E-state index in [1.54, 1.807) is 11.0 Å². The molecular formula is C26H35N3O3. The molecule has 0 aliphatic carbocycles. The van der Waals surface area contributed by atoms with Crippen LogP contribution in [0.15, 0.2) is 60.3 Å². The Morgan fingerprint density at radius 1 is 1.09 bits per heavy atom. The predicted octanol–water partition coefficient (Wildman–Crippen LogP) is 1.95. The number of rotatable bonds is 6. The molecule has 1 amide bonds. The summed E-state index contributed by atoms with van der Waals surface area (Å²) in [5.41, 5.74) is 4.26. The summed E-state index contributed by atoms with van der Waals surface area (Å²) in [5.74, 6) is 0.234. The summed E-state index contributed by atoms with van der Waals surface area (Å²) in [6, 6.07) is 8.48. The fraction of sp³-hybridized carbons (Fsp3) is 0.500. The molecule has 1 aromatic rings. The number of carbonyl (C=O) groups is 1. The minimum absolute atomic E-state index is 0.109. The molecule has 4 rings (SSSR count). The molecule has 1 fully saturated rings. The van der Waals surface area contributed by atoms with Gasteiger partial charge in [0.25, 0.3) is 5.91 Å². The summed E-state index contributed by atoms with van der Waals surface area (Å²) < 4.78 is 0. The lowest BCUT2D eigenvalue weighted by Crippen LogP contribution is -2.47. The maximum Gasteiger partial charge on any atom is 0.253 e. The summed E-state index contributed by atoms with van der Waals surface area (Å²) in [5, 5.41) is 20.0. The van der Waals surface area contributed by atoms with Crippen molar-refractivity contribution in [3.63, 3.8) is 0 Å². The van der Waals surface area contributed by atoms with Crippen molar-refractivity contribution in [3.05, 3.63) is 71.5 Å². The van der Waals surface area contributed by atoms with E-state index in [4.69, 9.17) is 0 Å². The molecule has 2 N–H and O–H groups in total. The number of nitrogens with zero attached hydrogens (tertiary/aromatic N) is 3. The van der Waals surface area contributed by atoms with Crippen molar-refractivity contribution < 1.29 is 15.0 Å². The van der Waals surface area contributed by atoms with E-state index in [1.807, 2.05) is 6.08 Å². The van der Waals surface area contributed by atoms with E-state index in [0.29, 0.717) is 31.1 Å². The number of aliphatic hydroxyl groups excluding tert-OH is 2. The molecule has 32 heavy (non-hydrogen) atoms. The number of fused-ring (bicyclic) bond motifs is 1. The van der Waals surface area contributed by atoms with Crippen LogP contribution in [0.3, 0.4) is 0 Å². The Balaban J connectivity index is 1.32. The molecule has 0 aromatic heterocycles. The second-order valence-corrected chi connectivity index (χ2v) is 9.24. The number of hydrogen-bond donors (Lipinski definition) is 2. The van der Waals surface area contributed by atoms with Gasteiger partial charge in [-0.1, -0.05) is 36.9 Å². The largest absolute Gasteiger partial charge is 0.396 e. The van der Waals surface area contributed by atoms with Gasteiger partial charge in [-0.25, -0.2) is 0 Å². The van der Waals surface area contributed by atoms with Crippen molar-refractivity contribution in [1.82, 2.24) is 14.7 Å². The van der Waals surface area contributed by atoms with Crippen LogP contribution in [0.2, 0.25) is 0 Å². The van der Waals surface area contributed by atoms with Crippen LogP contribution < -0.4 is 0 Å². The van der Waals surface area contributed by atoms with Crippen molar-refractivity contribution in [1.29, 1.82) is 0 Å². The van der Waals surface area contributed by atoms with Gasteiger partial charge >= 0.3 is 0 Å². The molecule has 1 atom stereocenters. The Morgan fingerprint density at radius 2 is 1.88 bits per heavy atom. The summed E-state index contributed by atoms with van der Waals surface area (Å²) in [6.45, 7) is 9.17. The van der Waals surface area contributed by atoms with Gasteiger partial charge in [0.15, 0.2) is 0 Å². The lowest BCUT2D eigenvalue weighted by Gasteiger charge is -2.41. The van der Waals surface area contributed by atoms with Gasteiger partial charge < -0.3 is 20.0 Å². The van der Waals surface area contributed by atoms with Gasteiger partial charge in [-0.3, -0.25) is 9.69 Å². The number of benzene rings is 1. The van der Waals surface area contributed by atoms with Crippen molar-refractivity contribution in [2.24, 2.45) is 5.92 Å². The van der Waals surface area contributed by atoms with Crippen molar-refractivity contribution in [3.8, 4) is 0 Å². The molecule has 0 bridgehead atoms. The van der Waals surface area contributed by atoms with E-state index in [-0.39, 0.29) is 12.5 Å². The molecule has 0 saturated carbocycles. The monoisotopic (exact) mass is 437 g/mol. The smallest absolute Gasteiger partial charge is 0.253 e. The third-order valence-electron chi connectivity index (χ3n) is 6.69. The van der Waals surface area contributed by atoms with E-state index in [0.717, 1.165) is 51.1 Å². The molecule has 3 aliphatic rings. The SMILES string of the molecule is C=C1/C=C\C(N2CC(CO)C2)=C/CCCN(CC(O)CN2CCc3ccccc3C2)C1=O.